The lowest BCUT2D eigenvalue weighted by atomic mass is 10.1. The Morgan fingerprint density at radius 2 is 1.78 bits per heavy atom. The Balaban J connectivity index is 1.75. The summed E-state index contributed by atoms with van der Waals surface area (Å²) in [5.74, 6) is 0. The fourth-order valence-corrected chi connectivity index (χ4v) is 3.60. The number of nitrogens with zero attached hydrogens (tertiary/aromatic N) is 1. The largest absolute Gasteiger partial charge is 0.354 e. The van der Waals surface area contributed by atoms with E-state index in [1.807, 2.05) is 24.3 Å². The first-order chi connectivity index (χ1) is 11.3. The van der Waals surface area contributed by atoms with Crippen LogP contribution in [-0.2, 0) is 6.54 Å². The van der Waals surface area contributed by atoms with Crippen LogP contribution in [0.3, 0.4) is 0 Å². The Morgan fingerprint density at radius 3 is 2.65 bits per heavy atom. The maximum atomic E-state index is 6.16. The molecule has 3 aromatic carbocycles. The van der Waals surface area contributed by atoms with Gasteiger partial charge in [0, 0.05) is 33.4 Å². The summed E-state index contributed by atoms with van der Waals surface area (Å²) in [4.78, 5) is 3.55. The molecule has 0 aliphatic carbocycles. The summed E-state index contributed by atoms with van der Waals surface area (Å²) in [6, 6.07) is 20.7. The fourth-order valence-electron chi connectivity index (χ4n) is 3.43. The average molecular weight is 320 g/mol. The van der Waals surface area contributed by atoms with Crippen molar-refractivity contribution in [3.63, 3.8) is 0 Å². The second kappa shape index (κ2) is 4.75. The highest BCUT2D eigenvalue weighted by Gasteiger charge is 2.23. The topological polar surface area (TPSA) is 31.1 Å². The standard InChI is InChI=1S/C19H14ClN3/c20-12-6-8-17-15(10-12)14-7-9-18-16(19(14)22-17)11-21-23(18)13-4-2-1-3-5-13/h1-10,21-22H,11H2. The summed E-state index contributed by atoms with van der Waals surface area (Å²) < 4.78 is 0. The summed E-state index contributed by atoms with van der Waals surface area (Å²) in [5.41, 5.74) is 9.41. The molecule has 0 saturated heterocycles. The first-order valence-electron chi connectivity index (χ1n) is 7.63. The molecule has 0 amide bonds. The van der Waals surface area contributed by atoms with Crippen molar-refractivity contribution in [2.24, 2.45) is 0 Å². The van der Waals surface area contributed by atoms with Gasteiger partial charge < -0.3 is 4.98 Å². The highest BCUT2D eigenvalue weighted by atomic mass is 35.5. The molecule has 2 N–H and O–H groups in total. The molecule has 0 spiro atoms. The molecule has 112 valence electrons. The third kappa shape index (κ3) is 1.87. The van der Waals surface area contributed by atoms with Crippen molar-refractivity contribution in [1.29, 1.82) is 0 Å². The maximum Gasteiger partial charge on any atom is 0.0644 e. The molecule has 23 heavy (non-hydrogen) atoms. The lowest BCUT2D eigenvalue weighted by molar-refractivity contribution is 0.767. The smallest absolute Gasteiger partial charge is 0.0644 e. The average Bonchev–Trinajstić information content (AvgIpc) is 3.16. The molecule has 1 aromatic heterocycles. The maximum absolute atomic E-state index is 6.16. The Morgan fingerprint density at radius 1 is 0.913 bits per heavy atom. The van der Waals surface area contributed by atoms with Gasteiger partial charge in [0.2, 0.25) is 0 Å². The van der Waals surface area contributed by atoms with Crippen molar-refractivity contribution >= 4 is 44.8 Å². The molecule has 5 rings (SSSR count). The van der Waals surface area contributed by atoms with Crippen LogP contribution in [0.5, 0.6) is 0 Å². The number of hydrazine groups is 1. The summed E-state index contributed by atoms with van der Waals surface area (Å²) in [6.07, 6.45) is 0. The lowest BCUT2D eigenvalue weighted by Gasteiger charge is -2.19. The van der Waals surface area contributed by atoms with Gasteiger partial charge in [0.15, 0.2) is 0 Å². The van der Waals surface area contributed by atoms with Crippen LogP contribution in [0.2, 0.25) is 5.02 Å². The SMILES string of the molecule is Clc1ccc2[nH]c3c4c(ccc3c2c1)N(c1ccccc1)NC4. The van der Waals surface area contributed by atoms with Gasteiger partial charge in [-0.2, -0.15) is 0 Å². The predicted molar refractivity (Wildman–Crippen MR) is 96.2 cm³/mol. The summed E-state index contributed by atoms with van der Waals surface area (Å²) in [6.45, 7) is 0.808. The minimum Gasteiger partial charge on any atom is -0.354 e. The minimum absolute atomic E-state index is 0.767. The van der Waals surface area contributed by atoms with Gasteiger partial charge in [0.05, 0.1) is 16.9 Å². The molecule has 0 fully saturated rings. The molecule has 0 atom stereocenters. The van der Waals surface area contributed by atoms with E-state index < -0.39 is 0 Å². The number of H-pyrrole nitrogens is 1. The lowest BCUT2D eigenvalue weighted by Crippen LogP contribution is -2.26. The molecule has 0 radical (unpaired) electrons. The van der Waals surface area contributed by atoms with Crippen molar-refractivity contribution in [1.82, 2.24) is 10.4 Å². The second-order valence-corrected chi connectivity index (χ2v) is 6.24. The van der Waals surface area contributed by atoms with Crippen molar-refractivity contribution in [2.75, 3.05) is 5.01 Å². The monoisotopic (exact) mass is 319 g/mol. The quantitative estimate of drug-likeness (QED) is 0.509. The normalized spacial score (nSPS) is 13.9. The molecule has 1 aliphatic rings. The molecule has 3 nitrogen and oxygen atoms in total. The predicted octanol–water partition coefficient (Wildman–Crippen LogP) is 5.13. The molecule has 0 bridgehead atoms. The number of hydrogen-bond acceptors (Lipinski definition) is 2. The zero-order valence-electron chi connectivity index (χ0n) is 12.3. The van der Waals surface area contributed by atoms with Crippen LogP contribution in [0.4, 0.5) is 11.4 Å². The van der Waals surface area contributed by atoms with Gasteiger partial charge in [-0.1, -0.05) is 35.9 Å². The number of aromatic amines is 1. The van der Waals surface area contributed by atoms with E-state index in [4.69, 9.17) is 11.6 Å². The number of halogens is 1. The molecule has 1 aliphatic heterocycles. The summed E-state index contributed by atoms with van der Waals surface area (Å²) in [5, 5.41) is 5.31. The molecule has 4 aromatic rings. The Hall–Kier alpha value is -2.49. The van der Waals surface area contributed by atoms with Gasteiger partial charge in [-0.3, -0.25) is 5.01 Å². The molecule has 0 unspecified atom stereocenters. The Labute approximate surface area is 138 Å². The molecule has 4 heteroatoms. The fraction of sp³-hybridized carbons (Fsp3) is 0.0526. The van der Waals surface area contributed by atoms with Crippen molar-refractivity contribution < 1.29 is 0 Å². The van der Waals surface area contributed by atoms with Crippen LogP contribution >= 0.6 is 11.6 Å². The number of fused-ring (bicyclic) bond motifs is 5. The summed E-state index contributed by atoms with van der Waals surface area (Å²) >= 11 is 6.16. The number of hydrogen-bond donors (Lipinski definition) is 2. The molecule has 0 saturated carbocycles. The third-order valence-electron chi connectivity index (χ3n) is 4.49. The van der Waals surface area contributed by atoms with E-state index in [0.29, 0.717) is 0 Å². The van der Waals surface area contributed by atoms with Crippen LogP contribution in [0.1, 0.15) is 5.56 Å². The van der Waals surface area contributed by atoms with Gasteiger partial charge in [0.25, 0.3) is 0 Å². The number of rotatable bonds is 1. The van der Waals surface area contributed by atoms with Gasteiger partial charge in [-0.05, 0) is 36.4 Å². The van der Waals surface area contributed by atoms with Gasteiger partial charge in [0.1, 0.15) is 0 Å². The first-order valence-corrected chi connectivity index (χ1v) is 8.00. The molecular weight excluding hydrogens is 306 g/mol. The van der Waals surface area contributed by atoms with Crippen LogP contribution in [0.15, 0.2) is 60.7 Å². The summed E-state index contributed by atoms with van der Waals surface area (Å²) in [7, 11) is 0. The van der Waals surface area contributed by atoms with Crippen molar-refractivity contribution in [3.05, 3.63) is 71.2 Å². The highest BCUT2D eigenvalue weighted by Crippen LogP contribution is 2.38. The van der Waals surface area contributed by atoms with Gasteiger partial charge >= 0.3 is 0 Å². The number of anilines is 2. The van der Waals surface area contributed by atoms with E-state index in [0.717, 1.165) is 22.8 Å². The Kier molecular flexibility index (Phi) is 2.68. The minimum atomic E-state index is 0.767. The van der Waals surface area contributed by atoms with Gasteiger partial charge in [-0.15, -0.1) is 0 Å². The number of aromatic nitrogens is 1. The highest BCUT2D eigenvalue weighted by molar-refractivity contribution is 6.31. The molecular formula is C19H14ClN3. The first kappa shape index (κ1) is 13.0. The number of nitrogens with one attached hydrogen (secondary N) is 2. The van der Waals surface area contributed by atoms with Crippen LogP contribution in [-0.4, -0.2) is 4.98 Å². The van der Waals surface area contributed by atoms with Crippen LogP contribution < -0.4 is 10.4 Å². The van der Waals surface area contributed by atoms with Crippen molar-refractivity contribution in [3.8, 4) is 0 Å². The molecule has 2 heterocycles. The van der Waals surface area contributed by atoms with E-state index >= 15 is 0 Å². The van der Waals surface area contributed by atoms with E-state index in [2.05, 4.69) is 51.8 Å². The second-order valence-electron chi connectivity index (χ2n) is 5.81. The zero-order chi connectivity index (χ0) is 15.4. The van der Waals surface area contributed by atoms with E-state index in [1.54, 1.807) is 0 Å². The van der Waals surface area contributed by atoms with E-state index in [-0.39, 0.29) is 0 Å². The van der Waals surface area contributed by atoms with Crippen LogP contribution in [0.25, 0.3) is 21.8 Å². The number of benzene rings is 3. The van der Waals surface area contributed by atoms with E-state index in [9.17, 15) is 0 Å². The third-order valence-corrected chi connectivity index (χ3v) is 4.72. The Bertz CT molecular complexity index is 1040. The van der Waals surface area contributed by atoms with E-state index in [1.165, 1.54) is 27.5 Å². The van der Waals surface area contributed by atoms with Crippen molar-refractivity contribution in [2.45, 2.75) is 6.54 Å². The zero-order valence-corrected chi connectivity index (χ0v) is 13.1. The van der Waals surface area contributed by atoms with Gasteiger partial charge in [-0.25, -0.2) is 5.43 Å². The number of para-hydroxylation sites is 1. The van der Waals surface area contributed by atoms with Crippen LogP contribution in [0, 0.1) is 0 Å².